The molecule has 1 aromatic carbocycles. The van der Waals surface area contributed by atoms with Crippen LogP contribution in [-0.4, -0.2) is 35.8 Å². The van der Waals surface area contributed by atoms with Gasteiger partial charge in [-0.3, -0.25) is 9.59 Å². The number of nitrogens with one attached hydrogen (secondary N) is 1. The zero-order chi connectivity index (χ0) is 15.4. The third-order valence-corrected chi connectivity index (χ3v) is 3.81. The lowest BCUT2D eigenvalue weighted by Crippen LogP contribution is -2.47. The van der Waals surface area contributed by atoms with Crippen LogP contribution in [0.5, 0.6) is 0 Å². The number of nitrogens with zero attached hydrogens (tertiary/aromatic N) is 1. The molecule has 0 bridgehead atoms. The molecule has 0 aliphatic carbocycles. The van der Waals surface area contributed by atoms with Crippen molar-refractivity contribution >= 4 is 29.9 Å². The Bertz CT molecular complexity index is 509. The molecule has 1 aliphatic heterocycles. The third-order valence-electron chi connectivity index (χ3n) is 3.81. The van der Waals surface area contributed by atoms with Gasteiger partial charge in [-0.05, 0) is 37.1 Å². The molecule has 3 N–H and O–H groups in total. The number of hydrogen-bond donors (Lipinski definition) is 2. The summed E-state index contributed by atoms with van der Waals surface area (Å²) in [4.78, 5) is 25.9. The maximum Gasteiger partial charge on any atom is 0.251 e. The second-order valence-corrected chi connectivity index (χ2v) is 5.85. The summed E-state index contributed by atoms with van der Waals surface area (Å²) in [6.07, 6.45) is 1.61. The number of rotatable bonds is 3. The Hall–Kier alpha value is -1.75. The van der Waals surface area contributed by atoms with E-state index in [4.69, 9.17) is 5.73 Å². The highest BCUT2D eigenvalue weighted by Crippen LogP contribution is 2.14. The average molecular weight is 326 g/mol. The molecule has 1 aromatic rings. The van der Waals surface area contributed by atoms with Crippen molar-refractivity contribution in [1.82, 2.24) is 10.2 Å². The van der Waals surface area contributed by atoms with E-state index in [1.807, 2.05) is 18.7 Å². The fourth-order valence-corrected chi connectivity index (χ4v) is 2.51. The summed E-state index contributed by atoms with van der Waals surface area (Å²) in [5.74, 6) is 0.146. The van der Waals surface area contributed by atoms with Crippen LogP contribution in [0.4, 0.5) is 5.69 Å². The lowest BCUT2D eigenvalue weighted by molar-refractivity contribution is -0.135. The Balaban J connectivity index is 0.00000242. The molecular weight excluding hydrogens is 302 g/mol. The monoisotopic (exact) mass is 325 g/mol. The minimum Gasteiger partial charge on any atom is -0.399 e. The minimum atomic E-state index is -0.0800. The van der Waals surface area contributed by atoms with E-state index < -0.39 is 0 Å². The van der Waals surface area contributed by atoms with Gasteiger partial charge in [0.05, 0.1) is 0 Å². The zero-order valence-corrected chi connectivity index (χ0v) is 13.9. The smallest absolute Gasteiger partial charge is 0.251 e. The van der Waals surface area contributed by atoms with Crippen LogP contribution >= 0.6 is 12.4 Å². The van der Waals surface area contributed by atoms with Crippen LogP contribution in [0.2, 0.25) is 0 Å². The number of hydrogen-bond acceptors (Lipinski definition) is 3. The highest BCUT2D eigenvalue weighted by molar-refractivity contribution is 5.94. The number of carbonyl (C=O) groups excluding carboxylic acids is 2. The van der Waals surface area contributed by atoms with Crippen LogP contribution in [0.15, 0.2) is 24.3 Å². The number of benzene rings is 1. The van der Waals surface area contributed by atoms with Gasteiger partial charge < -0.3 is 16.0 Å². The second kappa shape index (κ2) is 8.03. The minimum absolute atomic E-state index is 0. The van der Waals surface area contributed by atoms with Crippen molar-refractivity contribution in [3.05, 3.63) is 29.8 Å². The summed E-state index contributed by atoms with van der Waals surface area (Å²) < 4.78 is 0. The molecule has 0 atom stereocenters. The highest BCUT2D eigenvalue weighted by atomic mass is 35.5. The van der Waals surface area contributed by atoms with Gasteiger partial charge in [-0.15, -0.1) is 12.4 Å². The normalized spacial score (nSPS) is 15.3. The lowest BCUT2D eigenvalue weighted by Gasteiger charge is -2.33. The van der Waals surface area contributed by atoms with Crippen LogP contribution in [0.25, 0.3) is 0 Å². The molecule has 2 amide bonds. The largest absolute Gasteiger partial charge is 0.399 e. The van der Waals surface area contributed by atoms with E-state index in [1.54, 1.807) is 24.3 Å². The van der Waals surface area contributed by atoms with E-state index >= 15 is 0 Å². The molecule has 0 unspecified atom stereocenters. The van der Waals surface area contributed by atoms with Gasteiger partial charge in [-0.2, -0.15) is 0 Å². The Morgan fingerprint density at radius 3 is 2.23 bits per heavy atom. The molecule has 2 rings (SSSR count). The standard InChI is InChI=1S/C16H23N3O2.ClH/c1-11(2)16(21)19-9-7-14(8-10-19)18-15(20)12-3-5-13(17)6-4-12;/h3-6,11,14H,7-10,17H2,1-2H3,(H,18,20);1H. The van der Waals surface area contributed by atoms with Crippen molar-refractivity contribution in [3.63, 3.8) is 0 Å². The maximum absolute atomic E-state index is 12.1. The van der Waals surface area contributed by atoms with Crippen molar-refractivity contribution in [3.8, 4) is 0 Å². The average Bonchev–Trinajstić information content (AvgIpc) is 2.47. The first-order valence-corrected chi connectivity index (χ1v) is 7.42. The van der Waals surface area contributed by atoms with Crippen LogP contribution in [0.3, 0.4) is 0 Å². The van der Waals surface area contributed by atoms with Crippen molar-refractivity contribution in [2.24, 2.45) is 5.92 Å². The van der Waals surface area contributed by atoms with E-state index in [2.05, 4.69) is 5.32 Å². The number of halogens is 1. The molecular formula is C16H24ClN3O2. The van der Waals surface area contributed by atoms with Gasteiger partial charge in [-0.25, -0.2) is 0 Å². The van der Waals surface area contributed by atoms with Gasteiger partial charge in [0.15, 0.2) is 0 Å². The molecule has 1 heterocycles. The molecule has 0 radical (unpaired) electrons. The Morgan fingerprint density at radius 2 is 1.73 bits per heavy atom. The van der Waals surface area contributed by atoms with Crippen LogP contribution in [-0.2, 0) is 4.79 Å². The molecule has 1 saturated heterocycles. The molecule has 0 aromatic heterocycles. The number of nitrogens with two attached hydrogens (primary N) is 1. The number of carbonyl (C=O) groups is 2. The molecule has 0 saturated carbocycles. The molecule has 1 fully saturated rings. The summed E-state index contributed by atoms with van der Waals surface area (Å²) in [5, 5.41) is 3.03. The maximum atomic E-state index is 12.1. The van der Waals surface area contributed by atoms with Gasteiger partial charge in [0.1, 0.15) is 0 Å². The fourth-order valence-electron chi connectivity index (χ4n) is 2.51. The van der Waals surface area contributed by atoms with Crippen LogP contribution < -0.4 is 11.1 Å². The number of amides is 2. The Labute approximate surface area is 137 Å². The summed E-state index contributed by atoms with van der Waals surface area (Å²) in [5.41, 5.74) is 6.87. The van der Waals surface area contributed by atoms with Gasteiger partial charge in [-0.1, -0.05) is 13.8 Å². The number of anilines is 1. The van der Waals surface area contributed by atoms with Crippen molar-refractivity contribution < 1.29 is 9.59 Å². The Morgan fingerprint density at radius 1 is 1.18 bits per heavy atom. The van der Waals surface area contributed by atoms with Crippen LogP contribution in [0, 0.1) is 5.92 Å². The molecule has 6 heteroatoms. The SMILES string of the molecule is CC(C)C(=O)N1CCC(NC(=O)c2ccc(N)cc2)CC1.Cl. The predicted octanol–water partition coefficient (Wildman–Crippen LogP) is 2.07. The first kappa shape index (κ1) is 18.3. The molecule has 122 valence electrons. The summed E-state index contributed by atoms with van der Waals surface area (Å²) >= 11 is 0. The summed E-state index contributed by atoms with van der Waals surface area (Å²) in [7, 11) is 0. The molecule has 0 spiro atoms. The Kier molecular flexibility index (Phi) is 6.68. The quantitative estimate of drug-likeness (QED) is 0.835. The molecule has 22 heavy (non-hydrogen) atoms. The van der Waals surface area contributed by atoms with Crippen molar-refractivity contribution in [1.29, 1.82) is 0 Å². The van der Waals surface area contributed by atoms with Gasteiger partial charge in [0, 0.05) is 36.3 Å². The van der Waals surface area contributed by atoms with E-state index in [0.29, 0.717) is 24.3 Å². The van der Waals surface area contributed by atoms with Gasteiger partial charge >= 0.3 is 0 Å². The van der Waals surface area contributed by atoms with Crippen molar-refractivity contribution in [2.45, 2.75) is 32.7 Å². The highest BCUT2D eigenvalue weighted by Gasteiger charge is 2.25. The predicted molar refractivity (Wildman–Crippen MR) is 90.0 cm³/mol. The van der Waals surface area contributed by atoms with Gasteiger partial charge in [0.2, 0.25) is 5.91 Å². The zero-order valence-electron chi connectivity index (χ0n) is 13.0. The number of nitrogen functional groups attached to an aromatic ring is 1. The first-order chi connectivity index (χ1) is 9.97. The lowest BCUT2D eigenvalue weighted by atomic mass is 10.0. The molecule has 1 aliphatic rings. The second-order valence-electron chi connectivity index (χ2n) is 5.85. The number of likely N-dealkylation sites (tertiary alicyclic amines) is 1. The molecule has 5 nitrogen and oxygen atoms in total. The van der Waals surface area contributed by atoms with E-state index in [9.17, 15) is 9.59 Å². The van der Waals surface area contributed by atoms with E-state index in [1.165, 1.54) is 0 Å². The fraction of sp³-hybridized carbons (Fsp3) is 0.500. The third kappa shape index (κ3) is 4.63. The summed E-state index contributed by atoms with van der Waals surface area (Å²) in [6, 6.07) is 7.02. The van der Waals surface area contributed by atoms with Gasteiger partial charge in [0.25, 0.3) is 5.91 Å². The van der Waals surface area contributed by atoms with Crippen molar-refractivity contribution in [2.75, 3.05) is 18.8 Å². The summed E-state index contributed by atoms with van der Waals surface area (Å²) in [6.45, 7) is 5.25. The topological polar surface area (TPSA) is 75.4 Å². The van der Waals surface area contributed by atoms with E-state index in [-0.39, 0.29) is 36.2 Å². The number of piperidine rings is 1. The van der Waals surface area contributed by atoms with Crippen LogP contribution in [0.1, 0.15) is 37.0 Å². The first-order valence-electron chi connectivity index (χ1n) is 7.42. The van der Waals surface area contributed by atoms with E-state index in [0.717, 1.165) is 12.8 Å².